The van der Waals surface area contributed by atoms with Gasteiger partial charge < -0.3 is 14.1 Å². The third kappa shape index (κ3) is 2.87. The standard InChI is InChI=1S/C16H19N5O2S/c1-11(14-17-12-5-3-4-6-13(12)23-14)24-16-19-18-15(20(16)2)21-7-9-22-10-8-21/h3-6,11H,7-10H2,1-2H3/t11-/m1/s1. The van der Waals surface area contributed by atoms with E-state index in [-0.39, 0.29) is 5.25 Å². The summed E-state index contributed by atoms with van der Waals surface area (Å²) in [5.74, 6) is 1.59. The molecule has 0 amide bonds. The Bertz CT molecular complexity index is 807. The summed E-state index contributed by atoms with van der Waals surface area (Å²) in [7, 11) is 1.99. The maximum atomic E-state index is 5.85. The largest absolute Gasteiger partial charge is 0.439 e. The van der Waals surface area contributed by atoms with Gasteiger partial charge in [0.05, 0.1) is 18.5 Å². The maximum absolute atomic E-state index is 5.85. The molecule has 1 aromatic carbocycles. The number of fused-ring (bicyclic) bond motifs is 1. The van der Waals surface area contributed by atoms with Gasteiger partial charge in [0, 0.05) is 20.1 Å². The van der Waals surface area contributed by atoms with Crippen molar-refractivity contribution in [1.29, 1.82) is 0 Å². The average Bonchev–Trinajstić information content (AvgIpc) is 3.20. The highest BCUT2D eigenvalue weighted by Crippen LogP contribution is 2.35. The van der Waals surface area contributed by atoms with Gasteiger partial charge in [0.2, 0.25) is 11.8 Å². The number of oxazole rings is 1. The van der Waals surface area contributed by atoms with Crippen LogP contribution in [0.3, 0.4) is 0 Å². The Kier molecular flexibility index (Phi) is 4.15. The molecule has 3 heterocycles. The van der Waals surface area contributed by atoms with Crippen LogP contribution in [0, 0.1) is 0 Å². The molecule has 126 valence electrons. The molecule has 0 unspecified atom stereocenters. The summed E-state index contributed by atoms with van der Waals surface area (Å²) < 4.78 is 13.3. The molecule has 0 spiro atoms. The lowest BCUT2D eigenvalue weighted by molar-refractivity contribution is 0.121. The fourth-order valence-corrected chi connectivity index (χ4v) is 3.57. The second-order valence-electron chi connectivity index (χ2n) is 5.72. The van der Waals surface area contributed by atoms with E-state index < -0.39 is 0 Å². The molecule has 0 bridgehead atoms. The number of benzene rings is 1. The molecule has 3 aromatic rings. The summed E-state index contributed by atoms with van der Waals surface area (Å²) in [4.78, 5) is 6.76. The number of rotatable bonds is 4. The van der Waals surface area contributed by atoms with E-state index in [0.29, 0.717) is 5.89 Å². The molecule has 2 aromatic heterocycles. The second-order valence-corrected chi connectivity index (χ2v) is 7.03. The predicted molar refractivity (Wildman–Crippen MR) is 92.3 cm³/mol. The smallest absolute Gasteiger partial charge is 0.227 e. The van der Waals surface area contributed by atoms with Gasteiger partial charge >= 0.3 is 0 Å². The number of thioether (sulfide) groups is 1. The monoisotopic (exact) mass is 345 g/mol. The van der Waals surface area contributed by atoms with Crippen molar-refractivity contribution >= 4 is 28.8 Å². The third-order valence-corrected chi connectivity index (χ3v) is 5.17. The summed E-state index contributed by atoms with van der Waals surface area (Å²) in [5.41, 5.74) is 1.69. The van der Waals surface area contributed by atoms with Crippen molar-refractivity contribution in [3.05, 3.63) is 30.2 Å². The quantitative estimate of drug-likeness (QED) is 0.673. The first-order valence-corrected chi connectivity index (χ1v) is 8.84. The van der Waals surface area contributed by atoms with E-state index in [0.717, 1.165) is 48.5 Å². The van der Waals surface area contributed by atoms with Gasteiger partial charge in [-0.3, -0.25) is 4.57 Å². The van der Waals surface area contributed by atoms with Crippen LogP contribution in [-0.4, -0.2) is 46.1 Å². The van der Waals surface area contributed by atoms with Crippen LogP contribution >= 0.6 is 11.8 Å². The summed E-state index contributed by atoms with van der Waals surface area (Å²) in [5, 5.41) is 9.58. The van der Waals surface area contributed by atoms with E-state index in [1.54, 1.807) is 11.8 Å². The fraction of sp³-hybridized carbons (Fsp3) is 0.438. The molecule has 0 aliphatic carbocycles. The van der Waals surface area contributed by atoms with Crippen molar-refractivity contribution in [2.24, 2.45) is 7.05 Å². The molecule has 1 fully saturated rings. The SMILES string of the molecule is C[C@@H](Sc1nnc(N2CCOCC2)n1C)c1nc2ccccc2o1. The third-order valence-electron chi connectivity index (χ3n) is 4.05. The molecule has 0 radical (unpaired) electrons. The van der Waals surface area contributed by atoms with E-state index in [4.69, 9.17) is 9.15 Å². The van der Waals surface area contributed by atoms with E-state index in [9.17, 15) is 0 Å². The van der Waals surface area contributed by atoms with E-state index in [1.807, 2.05) is 35.9 Å². The van der Waals surface area contributed by atoms with Crippen molar-refractivity contribution < 1.29 is 9.15 Å². The summed E-state index contributed by atoms with van der Waals surface area (Å²) in [6.07, 6.45) is 0. The van der Waals surface area contributed by atoms with Crippen LogP contribution in [0.25, 0.3) is 11.1 Å². The number of ether oxygens (including phenoxy) is 1. The minimum absolute atomic E-state index is 0.0536. The van der Waals surface area contributed by atoms with Crippen LogP contribution in [0.2, 0.25) is 0 Å². The number of anilines is 1. The molecule has 24 heavy (non-hydrogen) atoms. The fourth-order valence-electron chi connectivity index (χ4n) is 2.72. The Morgan fingerprint density at radius 3 is 2.75 bits per heavy atom. The Labute approximate surface area is 144 Å². The lowest BCUT2D eigenvalue weighted by Gasteiger charge is -2.27. The molecule has 8 heteroatoms. The van der Waals surface area contributed by atoms with Gasteiger partial charge in [-0.05, 0) is 19.1 Å². The predicted octanol–water partition coefficient (Wildman–Crippen LogP) is 2.65. The van der Waals surface area contributed by atoms with Crippen molar-refractivity contribution in [3.63, 3.8) is 0 Å². The number of aromatic nitrogens is 4. The number of hydrogen-bond acceptors (Lipinski definition) is 7. The molecule has 4 rings (SSSR count). The maximum Gasteiger partial charge on any atom is 0.227 e. The zero-order valence-corrected chi connectivity index (χ0v) is 14.5. The van der Waals surface area contributed by atoms with Crippen LogP contribution in [0.1, 0.15) is 18.1 Å². The Morgan fingerprint density at radius 1 is 1.17 bits per heavy atom. The van der Waals surface area contributed by atoms with Gasteiger partial charge in [0.1, 0.15) is 5.52 Å². The van der Waals surface area contributed by atoms with E-state index in [1.165, 1.54) is 0 Å². The Balaban J connectivity index is 1.53. The highest BCUT2D eigenvalue weighted by molar-refractivity contribution is 7.99. The molecule has 0 saturated carbocycles. The highest BCUT2D eigenvalue weighted by atomic mass is 32.2. The van der Waals surface area contributed by atoms with E-state index >= 15 is 0 Å². The van der Waals surface area contributed by atoms with Gasteiger partial charge in [-0.15, -0.1) is 10.2 Å². The van der Waals surface area contributed by atoms with Crippen LogP contribution in [0.4, 0.5) is 5.95 Å². The molecule has 1 atom stereocenters. The minimum Gasteiger partial charge on any atom is -0.439 e. The molecule has 1 saturated heterocycles. The number of nitrogens with zero attached hydrogens (tertiary/aromatic N) is 5. The molecule has 7 nitrogen and oxygen atoms in total. The van der Waals surface area contributed by atoms with Gasteiger partial charge in [-0.1, -0.05) is 23.9 Å². The molecular formula is C16H19N5O2S. The lowest BCUT2D eigenvalue weighted by Crippen LogP contribution is -2.37. The topological polar surface area (TPSA) is 69.2 Å². The van der Waals surface area contributed by atoms with Crippen LogP contribution in [-0.2, 0) is 11.8 Å². The molecule has 1 aliphatic rings. The van der Waals surface area contributed by atoms with Crippen molar-refractivity contribution in [2.75, 3.05) is 31.2 Å². The van der Waals surface area contributed by atoms with Gasteiger partial charge in [0.25, 0.3) is 0 Å². The zero-order chi connectivity index (χ0) is 16.5. The van der Waals surface area contributed by atoms with Crippen LogP contribution in [0.15, 0.2) is 33.8 Å². The second kappa shape index (κ2) is 6.45. The molecular weight excluding hydrogens is 326 g/mol. The van der Waals surface area contributed by atoms with Gasteiger partial charge in [0.15, 0.2) is 10.7 Å². The first-order chi connectivity index (χ1) is 11.7. The van der Waals surface area contributed by atoms with Crippen molar-refractivity contribution in [2.45, 2.75) is 17.3 Å². The van der Waals surface area contributed by atoms with Crippen LogP contribution in [0.5, 0.6) is 0 Å². The molecule has 1 aliphatic heterocycles. The number of para-hydroxylation sites is 2. The molecule has 0 N–H and O–H groups in total. The average molecular weight is 345 g/mol. The number of hydrogen-bond donors (Lipinski definition) is 0. The van der Waals surface area contributed by atoms with Crippen molar-refractivity contribution in [1.82, 2.24) is 19.7 Å². The summed E-state index contributed by atoms with van der Waals surface area (Å²) in [6.45, 7) is 5.22. The number of morpholine rings is 1. The minimum atomic E-state index is 0.0536. The summed E-state index contributed by atoms with van der Waals surface area (Å²) in [6, 6.07) is 7.80. The van der Waals surface area contributed by atoms with Gasteiger partial charge in [-0.25, -0.2) is 4.98 Å². The first-order valence-electron chi connectivity index (χ1n) is 7.96. The highest BCUT2D eigenvalue weighted by Gasteiger charge is 2.22. The zero-order valence-electron chi connectivity index (χ0n) is 13.7. The van der Waals surface area contributed by atoms with Crippen molar-refractivity contribution in [3.8, 4) is 0 Å². The summed E-state index contributed by atoms with van der Waals surface area (Å²) >= 11 is 1.60. The first kappa shape index (κ1) is 15.5. The van der Waals surface area contributed by atoms with Gasteiger partial charge in [-0.2, -0.15) is 0 Å². The Hall–Kier alpha value is -2.06. The van der Waals surface area contributed by atoms with Crippen LogP contribution < -0.4 is 4.90 Å². The Morgan fingerprint density at radius 2 is 1.96 bits per heavy atom. The van der Waals surface area contributed by atoms with E-state index in [2.05, 4.69) is 27.0 Å². The lowest BCUT2D eigenvalue weighted by atomic mass is 10.3. The normalized spacial score (nSPS) is 16.7.